The summed E-state index contributed by atoms with van der Waals surface area (Å²) < 4.78 is 15.9. The normalized spacial score (nSPS) is 10.9. The minimum atomic E-state index is -0.0434. The number of hydrogen-bond acceptors (Lipinski definition) is 4. The highest BCUT2D eigenvalue weighted by Gasteiger charge is 2.12. The molecule has 1 N–H and O–H groups in total. The molecule has 111 valence electrons. The van der Waals surface area contributed by atoms with Gasteiger partial charge in [-0.15, -0.1) is 0 Å². The van der Waals surface area contributed by atoms with Crippen molar-refractivity contribution < 1.29 is 19.0 Å². The quantitative estimate of drug-likeness (QED) is 0.594. The van der Waals surface area contributed by atoms with E-state index >= 15 is 0 Å². The molecular formula is C17H15O4Si. The van der Waals surface area contributed by atoms with Crippen molar-refractivity contribution in [2.45, 2.75) is 6.61 Å². The standard InChI is InChI=1S/C17H15O4Si/c1-19-16-7-14-11(9-18)5-10-3-4-12(21-22)6-13(10)15(14)8-17(16)20-2/h3-8,18H,9H2,1-2H3. The zero-order chi connectivity index (χ0) is 15.7. The second-order valence-electron chi connectivity index (χ2n) is 4.93. The van der Waals surface area contributed by atoms with Gasteiger partial charge in [0.15, 0.2) is 11.5 Å². The zero-order valence-electron chi connectivity index (χ0n) is 12.3. The van der Waals surface area contributed by atoms with Crippen LogP contribution in [0.3, 0.4) is 0 Å². The molecule has 4 nitrogen and oxygen atoms in total. The first-order valence-electron chi connectivity index (χ1n) is 6.77. The fourth-order valence-electron chi connectivity index (χ4n) is 2.72. The summed E-state index contributed by atoms with van der Waals surface area (Å²) in [5, 5.41) is 13.6. The Morgan fingerprint density at radius 3 is 2.18 bits per heavy atom. The van der Waals surface area contributed by atoms with Gasteiger partial charge in [-0.2, -0.15) is 0 Å². The molecule has 0 heterocycles. The van der Waals surface area contributed by atoms with Gasteiger partial charge in [0.1, 0.15) is 5.75 Å². The van der Waals surface area contributed by atoms with E-state index < -0.39 is 0 Å². The van der Waals surface area contributed by atoms with Gasteiger partial charge in [-0.1, -0.05) is 6.07 Å². The molecule has 3 radical (unpaired) electrons. The first-order valence-corrected chi connectivity index (χ1v) is 7.18. The molecule has 0 aliphatic heterocycles. The second kappa shape index (κ2) is 5.86. The number of hydrogen-bond donors (Lipinski definition) is 1. The Morgan fingerprint density at radius 1 is 0.909 bits per heavy atom. The van der Waals surface area contributed by atoms with Crippen molar-refractivity contribution in [3.8, 4) is 17.2 Å². The molecule has 0 aliphatic carbocycles. The van der Waals surface area contributed by atoms with Crippen LogP contribution in [0.2, 0.25) is 0 Å². The van der Waals surface area contributed by atoms with Gasteiger partial charge in [0, 0.05) is 0 Å². The van der Waals surface area contributed by atoms with E-state index in [-0.39, 0.29) is 6.61 Å². The van der Waals surface area contributed by atoms with Crippen molar-refractivity contribution in [1.29, 1.82) is 0 Å². The van der Waals surface area contributed by atoms with Crippen LogP contribution in [0.25, 0.3) is 21.5 Å². The Balaban J connectivity index is 2.46. The average molecular weight is 311 g/mol. The summed E-state index contributed by atoms with van der Waals surface area (Å²) in [7, 11) is 6.25. The van der Waals surface area contributed by atoms with Crippen molar-refractivity contribution in [3.63, 3.8) is 0 Å². The Morgan fingerprint density at radius 2 is 1.59 bits per heavy atom. The second-order valence-corrected chi connectivity index (χ2v) is 5.14. The van der Waals surface area contributed by atoms with Crippen LogP contribution in [-0.4, -0.2) is 29.8 Å². The van der Waals surface area contributed by atoms with Gasteiger partial charge >= 0.3 is 10.5 Å². The van der Waals surface area contributed by atoms with E-state index in [4.69, 9.17) is 13.9 Å². The van der Waals surface area contributed by atoms with E-state index in [2.05, 4.69) is 10.5 Å². The molecule has 0 saturated heterocycles. The van der Waals surface area contributed by atoms with Crippen molar-refractivity contribution in [1.82, 2.24) is 0 Å². The van der Waals surface area contributed by atoms with Crippen LogP contribution in [0.5, 0.6) is 17.2 Å². The van der Waals surface area contributed by atoms with Gasteiger partial charge in [-0.05, 0) is 57.4 Å². The summed E-state index contributed by atoms with van der Waals surface area (Å²) in [4.78, 5) is 0. The number of methoxy groups -OCH3 is 2. The lowest BCUT2D eigenvalue weighted by molar-refractivity contribution is 0.283. The maximum Gasteiger partial charge on any atom is 0.341 e. The molecule has 0 atom stereocenters. The Labute approximate surface area is 131 Å². The zero-order valence-corrected chi connectivity index (χ0v) is 13.3. The molecule has 0 spiro atoms. The summed E-state index contributed by atoms with van der Waals surface area (Å²) in [5.74, 6) is 1.99. The molecule has 3 aromatic rings. The summed E-state index contributed by atoms with van der Waals surface area (Å²) in [6.07, 6.45) is 0. The van der Waals surface area contributed by atoms with Gasteiger partial charge in [-0.3, -0.25) is 0 Å². The lowest BCUT2D eigenvalue weighted by Crippen LogP contribution is -1.94. The Kier molecular flexibility index (Phi) is 3.91. The van der Waals surface area contributed by atoms with Crippen LogP contribution in [0.1, 0.15) is 5.56 Å². The lowest BCUT2D eigenvalue weighted by Gasteiger charge is -2.14. The smallest absolute Gasteiger partial charge is 0.341 e. The van der Waals surface area contributed by atoms with Crippen LogP contribution >= 0.6 is 0 Å². The third-order valence-electron chi connectivity index (χ3n) is 3.80. The molecule has 0 saturated carbocycles. The Bertz CT molecular complexity index is 845. The minimum absolute atomic E-state index is 0.0434. The molecule has 0 bridgehead atoms. The van der Waals surface area contributed by atoms with Gasteiger partial charge in [0.2, 0.25) is 0 Å². The third-order valence-corrected chi connectivity index (χ3v) is 4.04. The highest BCUT2D eigenvalue weighted by Crippen LogP contribution is 2.38. The fourth-order valence-corrected chi connectivity index (χ4v) is 2.85. The topological polar surface area (TPSA) is 47.9 Å². The molecule has 3 rings (SSSR count). The number of fused-ring (bicyclic) bond motifs is 3. The van der Waals surface area contributed by atoms with Crippen LogP contribution in [0.4, 0.5) is 0 Å². The monoisotopic (exact) mass is 311 g/mol. The maximum absolute atomic E-state index is 9.68. The molecule has 0 aromatic heterocycles. The third kappa shape index (κ3) is 2.28. The van der Waals surface area contributed by atoms with Gasteiger partial charge < -0.3 is 19.0 Å². The summed E-state index contributed by atoms with van der Waals surface area (Å²) in [6, 6.07) is 11.6. The summed E-state index contributed by atoms with van der Waals surface area (Å²) in [5.41, 5.74) is 0.843. The Hall–Kier alpha value is -2.24. The van der Waals surface area contributed by atoms with Crippen molar-refractivity contribution >= 4 is 32.0 Å². The molecule has 22 heavy (non-hydrogen) atoms. The lowest BCUT2D eigenvalue weighted by atomic mass is 9.96. The van der Waals surface area contributed by atoms with Gasteiger partial charge in [0.05, 0.1) is 20.8 Å². The molecule has 3 aromatic carbocycles. The van der Waals surface area contributed by atoms with E-state index in [1.165, 1.54) is 0 Å². The van der Waals surface area contributed by atoms with Crippen molar-refractivity contribution in [2.75, 3.05) is 14.2 Å². The molecule has 0 fully saturated rings. The molecule has 0 aliphatic rings. The van der Waals surface area contributed by atoms with E-state index in [1.807, 2.05) is 36.4 Å². The van der Waals surface area contributed by atoms with Crippen LogP contribution in [-0.2, 0) is 6.61 Å². The number of benzene rings is 3. The first-order chi connectivity index (χ1) is 10.7. The van der Waals surface area contributed by atoms with E-state index in [0.29, 0.717) is 17.2 Å². The van der Waals surface area contributed by atoms with E-state index in [9.17, 15) is 5.11 Å². The average Bonchev–Trinajstić information content (AvgIpc) is 2.59. The number of rotatable bonds is 4. The largest absolute Gasteiger partial charge is 0.540 e. The van der Waals surface area contributed by atoms with Crippen LogP contribution in [0, 0.1) is 0 Å². The SMILES string of the molecule is COc1cc2c(CO)cc3ccc(O[Si])cc3c2cc1OC. The predicted molar refractivity (Wildman–Crippen MR) is 86.9 cm³/mol. The van der Waals surface area contributed by atoms with Crippen LogP contribution < -0.4 is 13.9 Å². The summed E-state index contributed by atoms with van der Waals surface area (Å²) in [6.45, 7) is -0.0434. The van der Waals surface area contributed by atoms with Crippen LogP contribution in [0.15, 0.2) is 36.4 Å². The van der Waals surface area contributed by atoms with Crippen molar-refractivity contribution in [3.05, 3.63) is 42.0 Å². The highest BCUT2D eigenvalue weighted by molar-refractivity contribution is 6.11. The fraction of sp³-hybridized carbons (Fsp3) is 0.176. The highest BCUT2D eigenvalue weighted by atomic mass is 28.2. The first kappa shape index (κ1) is 14.7. The van der Waals surface area contributed by atoms with E-state index in [1.54, 1.807) is 14.2 Å². The number of ether oxygens (including phenoxy) is 2. The summed E-state index contributed by atoms with van der Waals surface area (Å²) >= 11 is 0. The predicted octanol–water partition coefficient (Wildman–Crippen LogP) is 2.96. The number of aliphatic hydroxyl groups is 1. The molecule has 0 unspecified atom stereocenters. The van der Waals surface area contributed by atoms with Crippen molar-refractivity contribution in [2.24, 2.45) is 0 Å². The van der Waals surface area contributed by atoms with E-state index in [0.717, 1.165) is 27.1 Å². The maximum atomic E-state index is 9.68. The number of aliphatic hydroxyl groups excluding tert-OH is 1. The molecule has 5 heteroatoms. The van der Waals surface area contributed by atoms with Gasteiger partial charge in [0.25, 0.3) is 0 Å². The molecule has 0 amide bonds. The molecular weight excluding hydrogens is 296 g/mol. The van der Waals surface area contributed by atoms with Gasteiger partial charge in [-0.25, -0.2) is 0 Å². The minimum Gasteiger partial charge on any atom is -0.540 e.